The van der Waals surface area contributed by atoms with E-state index in [0.717, 1.165) is 19.6 Å². The molecule has 2 unspecified atom stereocenters. The lowest BCUT2D eigenvalue weighted by atomic mass is 9.92. The van der Waals surface area contributed by atoms with Crippen LogP contribution in [-0.4, -0.2) is 195 Å². The molecule has 0 saturated carbocycles. The number of benzene rings is 5. The van der Waals surface area contributed by atoms with Gasteiger partial charge >= 0.3 is 12.1 Å². The summed E-state index contributed by atoms with van der Waals surface area (Å²) < 4.78 is 5.74. The number of carbonyl (C=O) groups excluding carboxylic acids is 12. The third-order valence-electron chi connectivity index (χ3n) is 17.4. The minimum Gasteiger partial charge on any atom is -0.445 e. The van der Waals surface area contributed by atoms with E-state index in [4.69, 9.17) is 10.5 Å². The van der Waals surface area contributed by atoms with E-state index in [9.17, 15) is 73.0 Å². The van der Waals surface area contributed by atoms with Gasteiger partial charge in [-0.1, -0.05) is 77.4 Å². The molecule has 0 spiro atoms. The third-order valence-corrected chi connectivity index (χ3v) is 17.4. The van der Waals surface area contributed by atoms with Crippen molar-refractivity contribution in [2.75, 3.05) is 71.3 Å². The Kier molecular flexibility index (Phi) is 24.2. The second-order valence-electron chi connectivity index (χ2n) is 24.7. The first kappa shape index (κ1) is 72.8. The van der Waals surface area contributed by atoms with Crippen molar-refractivity contribution in [3.05, 3.63) is 145 Å². The Balaban J connectivity index is 0.917. The summed E-state index contributed by atoms with van der Waals surface area (Å²) >= 11 is 0. The number of carbonyl (C=O) groups is 12. The number of likely N-dealkylation sites (N-methyl/N-ethyl adjacent to an activating group) is 2. The van der Waals surface area contributed by atoms with Gasteiger partial charge in [0.1, 0.15) is 35.9 Å². The zero-order valence-electron chi connectivity index (χ0n) is 55.2. The molecule has 3 aliphatic rings. The molecule has 518 valence electrons. The summed E-state index contributed by atoms with van der Waals surface area (Å²) in [6.45, 7) is 8.53. The summed E-state index contributed by atoms with van der Waals surface area (Å²) in [6.07, 6.45) is 3.45. The summed E-state index contributed by atoms with van der Waals surface area (Å²) in [5.41, 5.74) is 4.75. The SMILES string of the molecule is CCN(CCCN(CCN1C(=O)c2cccc3ccc([N+](=O)[O-])c(c23)C1=O)C(=O)C(C(C)C)N(C)C(=O)OCc1ccc(NC(=O)[C@H](CCCNC(N)=O)NC(=O)C(NC(=O)CCCCCN2C(=O)C=CC2=O)C(C)C)cc1)CCN1C(=O)c2cccc3ccc([N+](=O)[O-])c(c23)C1=O. The average Bonchev–Trinajstić information content (AvgIpc) is 0.797. The van der Waals surface area contributed by atoms with Crippen molar-refractivity contribution >= 4 is 110 Å². The van der Waals surface area contributed by atoms with E-state index in [-0.39, 0.29) is 117 Å². The standard InChI is InChI=1S/C68H79N13O17/c1-7-75(35-37-78-62(87)46-17-11-15-43-23-27-49(80(94)95)56(54(43)46)64(78)89)32-14-33-76(36-38-79-63(88)47-18-12-16-44-24-28-50(81(96)97)57(55(44)47)65(79)90)66(91)59(41(4)5)74(6)68(93)98-39-42-21-25-45(26-22-42)71-60(85)48(19-13-31-70-67(69)92)72-61(86)58(40(2)3)73-51(82)20-9-8-10-34-77-52(83)29-30-53(77)84/h11-12,15-18,21-30,40-41,48,58-59H,7-10,13-14,19-20,31-39H2,1-6H3,(H,71,85)(H,72,86)(H,73,82)(H3,69,70,92)/t48-,58?,59?/m0/s1. The van der Waals surface area contributed by atoms with E-state index >= 15 is 4.79 Å². The molecule has 0 aromatic heterocycles. The van der Waals surface area contributed by atoms with Crippen LogP contribution >= 0.6 is 0 Å². The van der Waals surface area contributed by atoms with Gasteiger partial charge in [0, 0.05) is 111 Å². The van der Waals surface area contributed by atoms with E-state index in [0.29, 0.717) is 42.1 Å². The van der Waals surface area contributed by atoms with Crippen LogP contribution in [-0.2, 0) is 40.1 Å². The summed E-state index contributed by atoms with van der Waals surface area (Å²) in [5, 5.41) is 36.4. The van der Waals surface area contributed by atoms with Crippen LogP contribution in [0.1, 0.15) is 127 Å². The van der Waals surface area contributed by atoms with Gasteiger partial charge in [0.15, 0.2) is 0 Å². The topological polar surface area (TPSA) is 394 Å². The molecule has 8 rings (SSSR count). The third kappa shape index (κ3) is 17.0. The highest BCUT2D eigenvalue weighted by atomic mass is 16.6. The fraction of sp³-hybridized carbons (Fsp3) is 0.412. The lowest BCUT2D eigenvalue weighted by molar-refractivity contribution is -0.385. The minimum absolute atomic E-state index is 0.0380. The Hall–Kier alpha value is -11.0. The second kappa shape index (κ2) is 32.6. The number of nitro benzene ring substituents is 2. The molecule has 98 heavy (non-hydrogen) atoms. The first-order valence-corrected chi connectivity index (χ1v) is 32.3. The van der Waals surface area contributed by atoms with Crippen LogP contribution in [0.5, 0.6) is 0 Å². The van der Waals surface area contributed by atoms with Gasteiger partial charge in [-0.15, -0.1) is 0 Å². The second-order valence-corrected chi connectivity index (χ2v) is 24.7. The van der Waals surface area contributed by atoms with Gasteiger partial charge in [-0.3, -0.25) is 87.8 Å². The van der Waals surface area contributed by atoms with Crippen LogP contribution in [0, 0.1) is 32.1 Å². The van der Waals surface area contributed by atoms with Crippen LogP contribution in [0.3, 0.4) is 0 Å². The molecule has 5 aromatic carbocycles. The van der Waals surface area contributed by atoms with Crippen LogP contribution in [0.15, 0.2) is 97.1 Å². The van der Waals surface area contributed by atoms with Gasteiger partial charge in [0.05, 0.1) is 9.85 Å². The number of nitrogens with one attached hydrogen (secondary N) is 4. The number of anilines is 1. The Labute approximate surface area is 563 Å². The van der Waals surface area contributed by atoms with Crippen molar-refractivity contribution in [2.45, 2.75) is 104 Å². The average molecular weight is 1350 g/mol. The normalized spacial score (nSPS) is 14.3. The van der Waals surface area contributed by atoms with Crippen molar-refractivity contribution in [3.63, 3.8) is 0 Å². The number of ether oxygens (including phenoxy) is 1. The minimum atomic E-state index is -1.22. The van der Waals surface area contributed by atoms with Gasteiger partial charge in [0.25, 0.3) is 46.8 Å². The molecule has 3 atom stereocenters. The molecule has 0 aliphatic carbocycles. The highest BCUT2D eigenvalue weighted by molar-refractivity contribution is 6.28. The summed E-state index contributed by atoms with van der Waals surface area (Å²) in [5.74, 6) is -7.18. The molecule has 0 saturated heterocycles. The van der Waals surface area contributed by atoms with Crippen LogP contribution in [0.25, 0.3) is 21.5 Å². The first-order valence-electron chi connectivity index (χ1n) is 32.3. The smallest absolute Gasteiger partial charge is 0.410 e. The molecule has 0 fully saturated rings. The highest BCUT2D eigenvalue weighted by Crippen LogP contribution is 2.38. The fourth-order valence-corrected chi connectivity index (χ4v) is 12.3. The Morgan fingerprint density at radius 2 is 1.18 bits per heavy atom. The summed E-state index contributed by atoms with van der Waals surface area (Å²) in [6, 6.07) is 16.8. The number of imide groups is 3. The Bertz CT molecular complexity index is 4010. The molecular formula is C68H79N13O17. The van der Waals surface area contributed by atoms with Gasteiger partial charge in [-0.05, 0) is 110 Å². The molecule has 13 amide bonds. The van der Waals surface area contributed by atoms with Crippen LogP contribution in [0.2, 0.25) is 0 Å². The number of hydrogen-bond acceptors (Lipinski definition) is 18. The number of primary amides is 1. The number of nitro groups is 2. The van der Waals surface area contributed by atoms with Crippen LogP contribution < -0.4 is 27.0 Å². The molecule has 30 heteroatoms. The zero-order valence-corrected chi connectivity index (χ0v) is 55.2. The predicted molar refractivity (Wildman–Crippen MR) is 357 cm³/mol. The number of nitrogens with zero attached hydrogens (tertiary/aromatic N) is 8. The molecule has 3 aliphatic heterocycles. The van der Waals surface area contributed by atoms with Crippen molar-refractivity contribution in [1.82, 2.24) is 45.3 Å². The van der Waals surface area contributed by atoms with Crippen molar-refractivity contribution in [3.8, 4) is 0 Å². The van der Waals surface area contributed by atoms with E-state index in [1.807, 2.05) is 11.8 Å². The molecule has 0 radical (unpaired) electrons. The first-order chi connectivity index (χ1) is 46.7. The van der Waals surface area contributed by atoms with Gasteiger partial charge < -0.3 is 41.5 Å². The van der Waals surface area contributed by atoms with Crippen molar-refractivity contribution in [2.24, 2.45) is 17.6 Å². The molecule has 3 heterocycles. The van der Waals surface area contributed by atoms with E-state index in [2.05, 4.69) is 21.3 Å². The largest absolute Gasteiger partial charge is 0.445 e. The maximum Gasteiger partial charge on any atom is 0.410 e. The number of nitrogens with two attached hydrogens (primary N) is 1. The highest BCUT2D eigenvalue weighted by Gasteiger charge is 2.41. The number of unbranched alkanes of at least 4 members (excludes halogenated alkanes) is 2. The van der Waals surface area contributed by atoms with E-state index < -0.39 is 129 Å². The van der Waals surface area contributed by atoms with Gasteiger partial charge in [-0.2, -0.15) is 0 Å². The van der Waals surface area contributed by atoms with Crippen molar-refractivity contribution in [1.29, 1.82) is 0 Å². The molecule has 5 aromatic rings. The van der Waals surface area contributed by atoms with Gasteiger partial charge in [0.2, 0.25) is 23.6 Å². The zero-order chi connectivity index (χ0) is 71.2. The Morgan fingerprint density at radius 1 is 0.612 bits per heavy atom. The van der Waals surface area contributed by atoms with E-state index in [1.54, 1.807) is 64.1 Å². The monoisotopic (exact) mass is 1350 g/mol. The lowest BCUT2D eigenvalue weighted by Gasteiger charge is -2.36. The maximum atomic E-state index is 15.1. The summed E-state index contributed by atoms with van der Waals surface area (Å²) in [4.78, 5) is 192. The number of urea groups is 1. The molecule has 30 nitrogen and oxygen atoms in total. The summed E-state index contributed by atoms with van der Waals surface area (Å²) in [7, 11) is 1.37. The Morgan fingerprint density at radius 3 is 1.71 bits per heavy atom. The lowest BCUT2D eigenvalue weighted by Crippen LogP contribution is -2.54. The predicted octanol–water partition coefficient (Wildman–Crippen LogP) is 6.03. The molecule has 0 bridgehead atoms. The quantitative estimate of drug-likeness (QED) is 0.0136. The number of rotatable bonds is 34. The molecule has 6 N–H and O–H groups in total. The molecular weight excluding hydrogens is 1270 g/mol. The van der Waals surface area contributed by atoms with Gasteiger partial charge in [-0.25, -0.2) is 9.59 Å². The number of hydrogen-bond donors (Lipinski definition) is 5. The number of amides is 13. The fourth-order valence-electron chi connectivity index (χ4n) is 12.3. The van der Waals surface area contributed by atoms with Crippen LogP contribution in [0.4, 0.5) is 26.7 Å². The van der Waals surface area contributed by atoms with Crippen molar-refractivity contribution < 1.29 is 72.1 Å². The maximum absolute atomic E-state index is 15.1. The van der Waals surface area contributed by atoms with E-state index in [1.165, 1.54) is 72.6 Å².